The lowest BCUT2D eigenvalue weighted by atomic mass is 9.87. The van der Waals surface area contributed by atoms with Crippen molar-refractivity contribution >= 4 is 5.91 Å². The van der Waals surface area contributed by atoms with Crippen LogP contribution in [0.15, 0.2) is 18.2 Å². The van der Waals surface area contributed by atoms with Gasteiger partial charge in [-0.1, -0.05) is 26.8 Å². The summed E-state index contributed by atoms with van der Waals surface area (Å²) in [5.41, 5.74) is 1.05. The van der Waals surface area contributed by atoms with Crippen molar-refractivity contribution in [3.8, 4) is 11.5 Å². The third-order valence-corrected chi connectivity index (χ3v) is 4.82. The molecule has 5 heteroatoms. The molecule has 1 aliphatic heterocycles. The summed E-state index contributed by atoms with van der Waals surface area (Å²) in [6.45, 7) is 13.2. The molecule has 25 heavy (non-hydrogen) atoms. The van der Waals surface area contributed by atoms with Gasteiger partial charge in [-0.25, -0.2) is 0 Å². The minimum absolute atomic E-state index is 0.0246. The zero-order chi connectivity index (χ0) is 18.4. The molecule has 2 N–H and O–H groups in total. The molecule has 2 unspecified atom stereocenters. The molecule has 1 fully saturated rings. The fourth-order valence-electron chi connectivity index (χ4n) is 3.06. The van der Waals surface area contributed by atoms with Crippen LogP contribution in [-0.2, 0) is 4.79 Å². The van der Waals surface area contributed by atoms with Crippen LogP contribution >= 0.6 is 0 Å². The van der Waals surface area contributed by atoms with Gasteiger partial charge < -0.3 is 20.1 Å². The smallest absolute Gasteiger partial charge is 0.223 e. The zero-order valence-corrected chi connectivity index (χ0v) is 16.1. The second-order valence-corrected chi connectivity index (χ2v) is 7.01. The molecular formula is C20H32N2O3. The summed E-state index contributed by atoms with van der Waals surface area (Å²) >= 11 is 0. The molecule has 0 spiro atoms. The molecule has 5 nitrogen and oxygen atoms in total. The highest BCUT2D eigenvalue weighted by molar-refractivity contribution is 5.79. The van der Waals surface area contributed by atoms with Crippen molar-refractivity contribution < 1.29 is 14.3 Å². The van der Waals surface area contributed by atoms with Crippen LogP contribution in [0.25, 0.3) is 0 Å². The molecule has 1 aliphatic rings. The Labute approximate surface area is 151 Å². The molecule has 1 saturated heterocycles. The number of carbonyl (C=O) groups excluding carboxylic acids is 1. The van der Waals surface area contributed by atoms with Gasteiger partial charge in [-0.15, -0.1) is 0 Å². The first-order chi connectivity index (χ1) is 12.0. The third-order valence-electron chi connectivity index (χ3n) is 4.82. The maximum Gasteiger partial charge on any atom is 0.223 e. The Bertz CT molecular complexity index is 570. The van der Waals surface area contributed by atoms with Gasteiger partial charge in [-0.3, -0.25) is 4.79 Å². The van der Waals surface area contributed by atoms with Crippen LogP contribution < -0.4 is 20.1 Å². The minimum atomic E-state index is -0.0436. The van der Waals surface area contributed by atoms with Crippen molar-refractivity contribution in [2.24, 2.45) is 17.8 Å². The van der Waals surface area contributed by atoms with Crippen LogP contribution in [0.1, 0.15) is 46.2 Å². The SMILES string of the molecule is CCOc1ccc(C(NC(=O)C(C)C2CNC2)C(C)C)cc1OCC. The van der Waals surface area contributed by atoms with Gasteiger partial charge in [0.25, 0.3) is 0 Å². The van der Waals surface area contributed by atoms with Crippen LogP contribution in [0.3, 0.4) is 0 Å². The topological polar surface area (TPSA) is 59.6 Å². The average Bonchev–Trinajstić information content (AvgIpc) is 2.52. The summed E-state index contributed by atoms with van der Waals surface area (Å²) in [5.74, 6) is 2.35. The fraction of sp³-hybridized carbons (Fsp3) is 0.650. The van der Waals surface area contributed by atoms with Crippen molar-refractivity contribution in [1.29, 1.82) is 0 Å². The molecule has 140 valence electrons. The summed E-state index contributed by atoms with van der Waals surface area (Å²) in [5, 5.41) is 6.47. The van der Waals surface area contributed by atoms with Gasteiger partial charge in [0.2, 0.25) is 5.91 Å². The lowest BCUT2D eigenvalue weighted by Crippen LogP contribution is -2.50. The van der Waals surface area contributed by atoms with Crippen LogP contribution in [0.2, 0.25) is 0 Å². The van der Waals surface area contributed by atoms with Gasteiger partial charge in [-0.05, 0) is 56.5 Å². The molecule has 1 aromatic rings. The summed E-state index contributed by atoms with van der Waals surface area (Å²) in [6, 6.07) is 5.91. The normalized spacial score (nSPS) is 16.9. The Hall–Kier alpha value is -1.75. The summed E-state index contributed by atoms with van der Waals surface area (Å²) in [6.07, 6.45) is 0. The van der Waals surface area contributed by atoms with E-state index in [1.165, 1.54) is 0 Å². The van der Waals surface area contributed by atoms with Crippen LogP contribution in [0.4, 0.5) is 0 Å². The van der Waals surface area contributed by atoms with Crippen molar-refractivity contribution in [2.45, 2.75) is 40.7 Å². The van der Waals surface area contributed by atoms with Crippen LogP contribution in [-0.4, -0.2) is 32.2 Å². The van der Waals surface area contributed by atoms with Gasteiger partial charge in [0, 0.05) is 5.92 Å². The second-order valence-electron chi connectivity index (χ2n) is 7.01. The molecule has 1 amide bonds. The highest BCUT2D eigenvalue weighted by Gasteiger charge is 2.30. The minimum Gasteiger partial charge on any atom is -0.490 e. The second kappa shape index (κ2) is 9.09. The standard InChI is InChI=1S/C20H32N2O3/c1-6-24-17-9-8-15(10-18(17)25-7-2)19(13(3)4)22-20(23)14(5)16-11-21-12-16/h8-10,13-14,16,19,21H,6-7,11-12H2,1-5H3,(H,22,23). The number of benzene rings is 1. The third kappa shape index (κ3) is 4.88. The number of hydrogen-bond donors (Lipinski definition) is 2. The Kier molecular flexibility index (Phi) is 7.12. The predicted octanol–water partition coefficient (Wildman–Crippen LogP) is 3.15. The first kappa shape index (κ1) is 19.6. The zero-order valence-electron chi connectivity index (χ0n) is 16.1. The molecule has 0 saturated carbocycles. The Balaban J connectivity index is 2.18. The Morgan fingerprint density at radius 3 is 2.32 bits per heavy atom. The largest absolute Gasteiger partial charge is 0.490 e. The van der Waals surface area contributed by atoms with Crippen molar-refractivity contribution in [1.82, 2.24) is 10.6 Å². The van der Waals surface area contributed by atoms with E-state index < -0.39 is 0 Å². The summed E-state index contributed by atoms with van der Waals surface area (Å²) in [7, 11) is 0. The first-order valence-corrected chi connectivity index (χ1v) is 9.38. The molecular weight excluding hydrogens is 316 g/mol. The molecule has 2 atom stereocenters. The van der Waals surface area contributed by atoms with E-state index in [-0.39, 0.29) is 23.8 Å². The molecule has 1 aromatic carbocycles. The first-order valence-electron chi connectivity index (χ1n) is 9.38. The van der Waals surface area contributed by atoms with Crippen molar-refractivity contribution in [3.05, 3.63) is 23.8 Å². The van der Waals surface area contributed by atoms with Gasteiger partial charge >= 0.3 is 0 Å². The lowest BCUT2D eigenvalue weighted by Gasteiger charge is -2.33. The maximum absolute atomic E-state index is 12.7. The van der Waals surface area contributed by atoms with Gasteiger partial charge in [0.1, 0.15) is 0 Å². The highest BCUT2D eigenvalue weighted by Crippen LogP contribution is 2.33. The number of hydrogen-bond acceptors (Lipinski definition) is 4. The predicted molar refractivity (Wildman–Crippen MR) is 100 cm³/mol. The number of rotatable bonds is 9. The van der Waals surface area contributed by atoms with E-state index in [9.17, 15) is 4.79 Å². The van der Waals surface area contributed by atoms with E-state index in [1.54, 1.807) is 0 Å². The monoisotopic (exact) mass is 348 g/mol. The number of amides is 1. The maximum atomic E-state index is 12.7. The van der Waals surface area contributed by atoms with E-state index in [4.69, 9.17) is 9.47 Å². The van der Waals surface area contributed by atoms with Crippen molar-refractivity contribution in [3.63, 3.8) is 0 Å². The Morgan fingerprint density at radius 1 is 1.16 bits per heavy atom. The Morgan fingerprint density at radius 2 is 1.80 bits per heavy atom. The molecule has 0 bridgehead atoms. The van der Waals surface area contributed by atoms with Gasteiger partial charge in [0.05, 0.1) is 19.3 Å². The molecule has 2 rings (SSSR count). The number of nitrogens with one attached hydrogen (secondary N) is 2. The fourth-order valence-corrected chi connectivity index (χ4v) is 3.06. The van der Waals surface area contributed by atoms with E-state index in [0.29, 0.717) is 19.1 Å². The number of carbonyl (C=O) groups is 1. The number of ether oxygens (including phenoxy) is 2. The average molecular weight is 348 g/mol. The van der Waals surface area contributed by atoms with Gasteiger partial charge in [0.15, 0.2) is 11.5 Å². The highest BCUT2D eigenvalue weighted by atomic mass is 16.5. The molecule has 1 heterocycles. The van der Waals surface area contributed by atoms with E-state index in [0.717, 1.165) is 30.2 Å². The lowest BCUT2D eigenvalue weighted by molar-refractivity contribution is -0.127. The van der Waals surface area contributed by atoms with Crippen LogP contribution in [0.5, 0.6) is 11.5 Å². The molecule has 0 aromatic heterocycles. The van der Waals surface area contributed by atoms with E-state index in [1.807, 2.05) is 39.0 Å². The quantitative estimate of drug-likeness (QED) is 0.720. The summed E-state index contributed by atoms with van der Waals surface area (Å²) < 4.78 is 11.4. The van der Waals surface area contributed by atoms with Crippen molar-refractivity contribution in [2.75, 3.05) is 26.3 Å². The van der Waals surface area contributed by atoms with Gasteiger partial charge in [-0.2, -0.15) is 0 Å². The van der Waals surface area contributed by atoms with Crippen LogP contribution in [0, 0.1) is 17.8 Å². The molecule has 0 aliphatic carbocycles. The van der Waals surface area contributed by atoms with E-state index >= 15 is 0 Å². The summed E-state index contributed by atoms with van der Waals surface area (Å²) in [4.78, 5) is 12.7. The van der Waals surface area contributed by atoms with E-state index in [2.05, 4.69) is 24.5 Å². The molecule has 0 radical (unpaired) electrons.